The van der Waals surface area contributed by atoms with Crippen LogP contribution < -0.4 is 11.1 Å². The lowest BCUT2D eigenvalue weighted by molar-refractivity contribution is -0.137. The molecule has 4 heterocycles. The van der Waals surface area contributed by atoms with Crippen molar-refractivity contribution in [3.05, 3.63) is 34.5 Å². The second-order valence-corrected chi connectivity index (χ2v) is 10.5. The number of fused-ring (bicyclic) bond motifs is 2. The molecule has 0 bridgehead atoms. The number of nitrogens with zero attached hydrogens (tertiary/aromatic N) is 5. The van der Waals surface area contributed by atoms with Gasteiger partial charge in [0.1, 0.15) is 17.0 Å². The highest BCUT2D eigenvalue weighted by atomic mass is 19.4. The van der Waals surface area contributed by atoms with E-state index >= 15 is 4.39 Å². The quantitative estimate of drug-likeness (QED) is 0.505. The number of nitrogen functional groups attached to an aromatic ring is 1. The molecule has 7 nitrogen and oxygen atoms in total. The first-order valence-corrected chi connectivity index (χ1v) is 12.1. The average molecular weight is 500 g/mol. The summed E-state index contributed by atoms with van der Waals surface area (Å²) in [5.74, 6) is -0.624. The van der Waals surface area contributed by atoms with E-state index in [9.17, 15) is 18.4 Å². The van der Waals surface area contributed by atoms with Crippen LogP contribution in [-0.4, -0.2) is 32.8 Å². The summed E-state index contributed by atoms with van der Waals surface area (Å²) < 4.78 is 60.3. The lowest BCUT2D eigenvalue weighted by Gasteiger charge is -2.18. The highest BCUT2D eigenvalue weighted by molar-refractivity contribution is 5.90. The number of aryl methyl sites for hydroxylation is 1. The Labute approximate surface area is 204 Å². The van der Waals surface area contributed by atoms with E-state index in [4.69, 9.17) is 10.8 Å². The van der Waals surface area contributed by atoms with Crippen molar-refractivity contribution in [1.29, 1.82) is 5.26 Å². The molecule has 3 fully saturated rings. The number of anilines is 1. The molecule has 3 aromatic heterocycles. The summed E-state index contributed by atoms with van der Waals surface area (Å²) in [6.45, 7) is 6.66. The van der Waals surface area contributed by atoms with Crippen LogP contribution in [0.25, 0.3) is 22.2 Å². The van der Waals surface area contributed by atoms with Gasteiger partial charge < -0.3 is 11.1 Å². The Morgan fingerprint density at radius 1 is 1.22 bits per heavy atom. The van der Waals surface area contributed by atoms with Gasteiger partial charge in [0.15, 0.2) is 5.82 Å². The number of nitrogens with two attached hydrogens (primary N) is 1. The molecule has 188 valence electrons. The largest absolute Gasteiger partial charge is 0.418 e. The lowest BCUT2D eigenvalue weighted by atomic mass is 9.96. The number of aromatic nitrogens is 4. The fourth-order valence-corrected chi connectivity index (χ4v) is 5.98. The predicted octanol–water partition coefficient (Wildman–Crippen LogP) is 4.68. The van der Waals surface area contributed by atoms with Gasteiger partial charge >= 0.3 is 6.18 Å². The van der Waals surface area contributed by atoms with Crippen molar-refractivity contribution in [1.82, 2.24) is 25.1 Å². The Kier molecular flexibility index (Phi) is 4.90. The number of hydrogen-bond donors (Lipinski definition) is 2. The molecular weight excluding hydrogens is 474 g/mol. The van der Waals surface area contributed by atoms with E-state index < -0.39 is 28.8 Å². The van der Waals surface area contributed by atoms with Crippen molar-refractivity contribution < 1.29 is 17.6 Å². The van der Waals surface area contributed by atoms with Gasteiger partial charge in [-0.2, -0.15) is 23.5 Å². The average Bonchev–Trinajstić information content (AvgIpc) is 3.61. The van der Waals surface area contributed by atoms with Gasteiger partial charge in [0, 0.05) is 16.9 Å². The molecule has 3 aliphatic rings. The van der Waals surface area contributed by atoms with E-state index in [1.807, 2.05) is 13.8 Å². The van der Waals surface area contributed by atoms with Crippen molar-refractivity contribution >= 4 is 16.7 Å². The van der Waals surface area contributed by atoms with Gasteiger partial charge in [-0.1, -0.05) is 13.8 Å². The van der Waals surface area contributed by atoms with Crippen molar-refractivity contribution in [3.63, 3.8) is 0 Å². The van der Waals surface area contributed by atoms with Crippen LogP contribution in [0.1, 0.15) is 60.8 Å². The summed E-state index contributed by atoms with van der Waals surface area (Å²) in [6.07, 6.45) is -4.26. The minimum absolute atomic E-state index is 0.126. The Morgan fingerprint density at radius 2 is 1.92 bits per heavy atom. The Morgan fingerprint density at radius 3 is 2.50 bits per heavy atom. The number of halogens is 4. The number of nitrogens with one attached hydrogen (secondary N) is 1. The van der Waals surface area contributed by atoms with Gasteiger partial charge in [-0.25, -0.2) is 14.4 Å². The zero-order chi connectivity index (χ0) is 25.7. The van der Waals surface area contributed by atoms with E-state index in [1.165, 1.54) is 11.6 Å². The molecule has 1 aliphatic heterocycles. The first kappa shape index (κ1) is 23.2. The monoisotopic (exact) mass is 499 g/mol. The molecule has 0 spiro atoms. The molecule has 0 amide bonds. The van der Waals surface area contributed by atoms with Crippen LogP contribution in [0, 0.1) is 41.8 Å². The highest BCUT2D eigenvalue weighted by Crippen LogP contribution is 2.58. The van der Waals surface area contributed by atoms with Gasteiger partial charge in [-0.15, -0.1) is 0 Å². The molecule has 3 aromatic rings. The second kappa shape index (κ2) is 7.62. The second-order valence-electron chi connectivity index (χ2n) is 10.5. The lowest BCUT2D eigenvalue weighted by Crippen LogP contribution is -2.15. The van der Waals surface area contributed by atoms with E-state index in [-0.39, 0.29) is 40.8 Å². The normalized spacial score (nSPS) is 26.9. The maximum absolute atomic E-state index is 16.4. The molecule has 5 atom stereocenters. The van der Waals surface area contributed by atoms with Crippen LogP contribution in [0.5, 0.6) is 0 Å². The molecule has 0 aromatic carbocycles. The third-order valence-corrected chi connectivity index (χ3v) is 7.79. The standard InChI is InChI=1S/C25H25F4N7/c1-9(2)21-18-23(17-13-7-32-8-14(13)17)35-36(15-4-11(15)6-30)24(18)20(26)22(34-21)12-5-16(31)33-10(3)19(12)25(27,28)29/h5,9,11,13-15,17,32H,4,7-8H2,1-3H3,(H2,31,33)/t11-,13-,14+,15?,17?/m0/s1. The molecule has 2 unspecified atom stereocenters. The van der Waals surface area contributed by atoms with Crippen LogP contribution in [0.4, 0.5) is 23.4 Å². The summed E-state index contributed by atoms with van der Waals surface area (Å²) in [6, 6.07) is 2.92. The number of hydrogen-bond acceptors (Lipinski definition) is 6. The summed E-state index contributed by atoms with van der Waals surface area (Å²) in [7, 11) is 0. The molecule has 6 rings (SSSR count). The van der Waals surface area contributed by atoms with Crippen LogP contribution in [-0.2, 0) is 6.18 Å². The highest BCUT2D eigenvalue weighted by Gasteiger charge is 2.56. The van der Waals surface area contributed by atoms with Gasteiger partial charge in [-0.3, -0.25) is 4.68 Å². The van der Waals surface area contributed by atoms with Crippen molar-refractivity contribution in [3.8, 4) is 17.3 Å². The van der Waals surface area contributed by atoms with Gasteiger partial charge in [0.25, 0.3) is 0 Å². The number of pyridine rings is 2. The van der Waals surface area contributed by atoms with Crippen molar-refractivity contribution in [2.45, 2.75) is 51.2 Å². The zero-order valence-electron chi connectivity index (χ0n) is 20.0. The zero-order valence-corrected chi connectivity index (χ0v) is 20.0. The predicted molar refractivity (Wildman–Crippen MR) is 124 cm³/mol. The molecule has 3 N–H and O–H groups in total. The summed E-state index contributed by atoms with van der Waals surface area (Å²) >= 11 is 0. The SMILES string of the molecule is Cc1nc(N)cc(-c2nc(C(C)C)c3c(C4[C@H]5CNC[C@@H]45)nn(C4C[C@H]4C#N)c3c2F)c1C(F)(F)F. The molecule has 11 heteroatoms. The van der Waals surface area contributed by atoms with Gasteiger partial charge in [0.05, 0.1) is 40.7 Å². The van der Waals surface area contributed by atoms with E-state index in [0.717, 1.165) is 24.8 Å². The third-order valence-electron chi connectivity index (χ3n) is 7.79. The first-order valence-electron chi connectivity index (χ1n) is 12.1. The van der Waals surface area contributed by atoms with Gasteiger partial charge in [-0.05, 0) is 50.3 Å². The summed E-state index contributed by atoms with van der Waals surface area (Å²) in [4.78, 5) is 8.30. The molecule has 0 radical (unpaired) electrons. The number of alkyl halides is 3. The third kappa shape index (κ3) is 3.30. The number of piperidine rings is 1. The first-order chi connectivity index (χ1) is 17.0. The topological polar surface area (TPSA) is 105 Å². The minimum atomic E-state index is -4.78. The van der Waals surface area contributed by atoms with Crippen LogP contribution in [0.2, 0.25) is 0 Å². The maximum atomic E-state index is 16.4. The fourth-order valence-electron chi connectivity index (χ4n) is 5.98. The molecule has 1 saturated heterocycles. The minimum Gasteiger partial charge on any atom is -0.384 e. The van der Waals surface area contributed by atoms with E-state index in [2.05, 4.69) is 21.4 Å². The number of nitriles is 1. The van der Waals surface area contributed by atoms with Crippen LogP contribution >= 0.6 is 0 Å². The van der Waals surface area contributed by atoms with Crippen LogP contribution in [0.3, 0.4) is 0 Å². The Balaban J connectivity index is 1.67. The Hall–Kier alpha value is -3.26. The maximum Gasteiger partial charge on any atom is 0.418 e. The molecule has 2 saturated carbocycles. The molecular formula is C25H25F4N7. The van der Waals surface area contributed by atoms with Crippen molar-refractivity contribution in [2.75, 3.05) is 18.8 Å². The molecule has 36 heavy (non-hydrogen) atoms. The summed E-state index contributed by atoms with van der Waals surface area (Å²) in [5, 5.41) is 18.2. The number of rotatable bonds is 4. The van der Waals surface area contributed by atoms with Gasteiger partial charge in [0.2, 0.25) is 0 Å². The van der Waals surface area contributed by atoms with Crippen molar-refractivity contribution in [2.24, 2.45) is 17.8 Å². The smallest absolute Gasteiger partial charge is 0.384 e. The van der Waals surface area contributed by atoms with E-state index in [1.54, 1.807) is 0 Å². The van der Waals surface area contributed by atoms with E-state index in [0.29, 0.717) is 29.3 Å². The summed E-state index contributed by atoms with van der Waals surface area (Å²) in [5.41, 5.74) is 4.91. The Bertz CT molecular complexity index is 1440. The van der Waals surface area contributed by atoms with Crippen LogP contribution in [0.15, 0.2) is 6.07 Å². The molecule has 2 aliphatic carbocycles. The fraction of sp³-hybridized carbons (Fsp3) is 0.520.